The third kappa shape index (κ3) is 4.93. The van der Waals surface area contributed by atoms with Gasteiger partial charge < -0.3 is 4.74 Å². The number of hydrogen-bond acceptors (Lipinski definition) is 5. The Morgan fingerprint density at radius 3 is 2.38 bits per heavy atom. The van der Waals surface area contributed by atoms with Gasteiger partial charge in [-0.15, -0.1) is 0 Å². The van der Waals surface area contributed by atoms with E-state index in [1.54, 1.807) is 18.2 Å². The molecule has 0 radical (unpaired) electrons. The zero-order valence-electron chi connectivity index (χ0n) is 17.5. The van der Waals surface area contributed by atoms with E-state index >= 15 is 0 Å². The van der Waals surface area contributed by atoms with Crippen LogP contribution in [0.5, 0.6) is 0 Å². The first-order chi connectivity index (χ1) is 15.0. The zero-order valence-corrected chi connectivity index (χ0v) is 17.5. The summed E-state index contributed by atoms with van der Waals surface area (Å²) >= 11 is 0. The summed E-state index contributed by atoms with van der Waals surface area (Å²) in [5, 5.41) is 3.89. The maximum atomic E-state index is 13.0. The van der Waals surface area contributed by atoms with E-state index in [-0.39, 0.29) is 11.4 Å². The summed E-state index contributed by atoms with van der Waals surface area (Å²) in [7, 11) is 0. The second-order valence-electron chi connectivity index (χ2n) is 7.26. The van der Waals surface area contributed by atoms with E-state index in [4.69, 9.17) is 4.74 Å². The summed E-state index contributed by atoms with van der Waals surface area (Å²) in [5.74, 6) is -1.61. The van der Waals surface area contributed by atoms with Gasteiger partial charge in [0.15, 0.2) is 12.4 Å². The van der Waals surface area contributed by atoms with Crippen LogP contribution >= 0.6 is 0 Å². The molecule has 0 N–H and O–H groups in total. The van der Waals surface area contributed by atoms with Crippen LogP contribution in [0, 0.1) is 20.8 Å². The van der Waals surface area contributed by atoms with Crippen molar-refractivity contribution in [1.82, 2.24) is 9.78 Å². The number of carbonyl (C=O) groups excluding carboxylic acids is 2. The fraction of sp³-hybridized carbons (Fsp3) is 0.217. The normalized spacial score (nSPS) is 11.3. The van der Waals surface area contributed by atoms with Crippen LogP contribution in [0.4, 0.5) is 13.2 Å². The summed E-state index contributed by atoms with van der Waals surface area (Å²) < 4.78 is 45.1. The fourth-order valence-corrected chi connectivity index (χ4v) is 2.96. The lowest BCUT2D eigenvalue weighted by Crippen LogP contribution is -2.26. The second-order valence-corrected chi connectivity index (χ2v) is 7.26. The van der Waals surface area contributed by atoms with Crippen molar-refractivity contribution >= 4 is 11.8 Å². The van der Waals surface area contributed by atoms with Crippen LogP contribution in [0.2, 0.25) is 0 Å². The minimum atomic E-state index is -4.57. The molecule has 6 nitrogen and oxygen atoms in total. The monoisotopic (exact) mass is 444 g/mol. The molecular formula is C23H19F3N2O4. The van der Waals surface area contributed by atoms with Crippen molar-refractivity contribution in [3.8, 4) is 5.69 Å². The van der Waals surface area contributed by atoms with Gasteiger partial charge in [-0.05, 0) is 56.2 Å². The minimum Gasteiger partial charge on any atom is -0.452 e. The van der Waals surface area contributed by atoms with Crippen LogP contribution < -0.4 is 5.43 Å². The van der Waals surface area contributed by atoms with Crippen LogP contribution in [0.1, 0.15) is 43.2 Å². The first-order valence-corrected chi connectivity index (χ1v) is 9.53. The molecule has 1 aromatic heterocycles. The molecule has 3 rings (SSSR count). The zero-order chi connectivity index (χ0) is 23.6. The van der Waals surface area contributed by atoms with Crippen molar-refractivity contribution in [2.75, 3.05) is 6.61 Å². The average Bonchev–Trinajstić information content (AvgIpc) is 2.73. The lowest BCUT2D eigenvalue weighted by molar-refractivity contribution is -0.137. The Morgan fingerprint density at radius 2 is 1.72 bits per heavy atom. The molecule has 9 heteroatoms. The van der Waals surface area contributed by atoms with Gasteiger partial charge in [-0.25, -0.2) is 9.48 Å². The van der Waals surface area contributed by atoms with E-state index in [1.807, 2.05) is 13.8 Å². The van der Waals surface area contributed by atoms with Gasteiger partial charge in [-0.3, -0.25) is 9.59 Å². The number of aromatic nitrogens is 2. The number of benzene rings is 2. The van der Waals surface area contributed by atoms with E-state index in [9.17, 15) is 27.6 Å². The topological polar surface area (TPSA) is 78.3 Å². The molecule has 0 fully saturated rings. The number of ketones is 1. The van der Waals surface area contributed by atoms with E-state index in [1.165, 1.54) is 19.1 Å². The maximum absolute atomic E-state index is 13.0. The standard InChI is InChI=1S/C23H19F3N2O4/c1-13-7-8-16(9-14(13)2)20(30)12-32-22(31)21-19(29)10-15(3)28(27-21)18-6-4-5-17(11-18)23(24,25)26/h4-11H,12H2,1-3H3. The summed E-state index contributed by atoms with van der Waals surface area (Å²) in [6.07, 6.45) is -4.57. The lowest BCUT2D eigenvalue weighted by Gasteiger charge is -2.13. The maximum Gasteiger partial charge on any atom is 0.416 e. The summed E-state index contributed by atoms with van der Waals surface area (Å²) in [5.41, 5.74) is 0.158. The third-order valence-corrected chi connectivity index (χ3v) is 4.88. The molecule has 0 bridgehead atoms. The van der Waals surface area contributed by atoms with Gasteiger partial charge in [0, 0.05) is 17.3 Å². The second kappa shape index (κ2) is 8.78. The number of rotatable bonds is 5. The Morgan fingerprint density at radius 1 is 1.00 bits per heavy atom. The van der Waals surface area contributed by atoms with Crippen LogP contribution in [-0.4, -0.2) is 28.1 Å². The first kappa shape index (κ1) is 22.9. The first-order valence-electron chi connectivity index (χ1n) is 9.53. The molecule has 0 aliphatic rings. The molecule has 2 aromatic carbocycles. The van der Waals surface area contributed by atoms with Crippen molar-refractivity contribution in [3.05, 3.63) is 92.4 Å². The van der Waals surface area contributed by atoms with Crippen LogP contribution in [-0.2, 0) is 10.9 Å². The number of hydrogen-bond donors (Lipinski definition) is 0. The van der Waals surface area contributed by atoms with Gasteiger partial charge in [0.05, 0.1) is 11.3 Å². The number of ether oxygens (including phenoxy) is 1. The van der Waals surface area contributed by atoms with Gasteiger partial charge in [0.2, 0.25) is 11.1 Å². The molecular weight excluding hydrogens is 425 g/mol. The van der Waals surface area contributed by atoms with E-state index in [2.05, 4.69) is 5.10 Å². The molecule has 32 heavy (non-hydrogen) atoms. The summed E-state index contributed by atoms with van der Waals surface area (Å²) in [6, 6.07) is 10.4. The van der Waals surface area contributed by atoms with Gasteiger partial charge in [0.25, 0.3) is 0 Å². The van der Waals surface area contributed by atoms with Crippen LogP contribution in [0.3, 0.4) is 0 Å². The number of nitrogens with zero attached hydrogens (tertiary/aromatic N) is 2. The number of Topliss-reactive ketones (excluding diaryl/α,β-unsaturated/α-hetero) is 1. The molecule has 3 aromatic rings. The highest BCUT2D eigenvalue weighted by molar-refractivity contribution is 5.99. The number of carbonyl (C=O) groups is 2. The van der Waals surface area contributed by atoms with E-state index in [0.717, 1.165) is 34.0 Å². The average molecular weight is 444 g/mol. The molecule has 1 heterocycles. The molecule has 0 aliphatic carbocycles. The highest BCUT2D eigenvalue weighted by atomic mass is 19.4. The van der Waals surface area contributed by atoms with Gasteiger partial charge in [0.1, 0.15) is 0 Å². The highest BCUT2D eigenvalue weighted by Crippen LogP contribution is 2.30. The molecule has 0 spiro atoms. The minimum absolute atomic E-state index is 0.0116. The van der Waals surface area contributed by atoms with Crippen LogP contribution in [0.25, 0.3) is 5.69 Å². The Labute approximate surface area is 181 Å². The number of halogens is 3. The number of aryl methyl sites for hydroxylation is 3. The van der Waals surface area contributed by atoms with Gasteiger partial charge >= 0.3 is 12.1 Å². The predicted octanol–water partition coefficient (Wildman–Crippen LogP) is 4.22. The molecule has 0 atom stereocenters. The molecule has 0 saturated carbocycles. The smallest absolute Gasteiger partial charge is 0.416 e. The van der Waals surface area contributed by atoms with Crippen LogP contribution in [0.15, 0.2) is 53.3 Å². The largest absolute Gasteiger partial charge is 0.452 e. The van der Waals surface area contributed by atoms with Gasteiger partial charge in [-0.1, -0.05) is 18.2 Å². The number of alkyl halides is 3. The molecule has 0 saturated heterocycles. The van der Waals surface area contributed by atoms with E-state index in [0.29, 0.717) is 5.56 Å². The Balaban J connectivity index is 1.85. The van der Waals surface area contributed by atoms with Crippen molar-refractivity contribution in [2.45, 2.75) is 26.9 Å². The Bertz CT molecular complexity index is 1260. The summed E-state index contributed by atoms with van der Waals surface area (Å²) in [6.45, 7) is 4.58. The number of esters is 1. The third-order valence-electron chi connectivity index (χ3n) is 4.88. The summed E-state index contributed by atoms with van der Waals surface area (Å²) in [4.78, 5) is 37.0. The van der Waals surface area contributed by atoms with E-state index < -0.39 is 41.2 Å². The van der Waals surface area contributed by atoms with Crippen molar-refractivity contribution in [2.24, 2.45) is 0 Å². The predicted molar refractivity (Wildman–Crippen MR) is 110 cm³/mol. The lowest BCUT2D eigenvalue weighted by atomic mass is 10.0. The molecule has 0 unspecified atom stereocenters. The Hall–Kier alpha value is -3.75. The van der Waals surface area contributed by atoms with Crippen molar-refractivity contribution in [3.63, 3.8) is 0 Å². The Kier molecular flexibility index (Phi) is 6.29. The van der Waals surface area contributed by atoms with Gasteiger partial charge in [-0.2, -0.15) is 18.3 Å². The highest BCUT2D eigenvalue weighted by Gasteiger charge is 2.30. The SMILES string of the molecule is Cc1ccc(C(=O)COC(=O)c2nn(-c3cccc(C(F)(F)F)c3)c(C)cc2=O)cc1C. The van der Waals surface area contributed by atoms with Crippen molar-refractivity contribution < 1.29 is 27.5 Å². The quantitative estimate of drug-likeness (QED) is 0.435. The molecule has 0 amide bonds. The fourth-order valence-electron chi connectivity index (χ4n) is 2.96. The molecule has 0 aliphatic heterocycles. The molecule has 166 valence electrons. The van der Waals surface area contributed by atoms with Crippen molar-refractivity contribution in [1.29, 1.82) is 0 Å².